The van der Waals surface area contributed by atoms with Gasteiger partial charge in [0.25, 0.3) is 0 Å². The van der Waals surface area contributed by atoms with Crippen molar-refractivity contribution in [1.29, 1.82) is 0 Å². The second kappa shape index (κ2) is 6.98. The maximum atomic E-state index is 12.6. The molecule has 0 bridgehead atoms. The van der Waals surface area contributed by atoms with Gasteiger partial charge in [-0.2, -0.15) is 4.90 Å². The Labute approximate surface area is 146 Å². The van der Waals surface area contributed by atoms with Crippen LogP contribution < -0.4 is 5.32 Å². The van der Waals surface area contributed by atoms with E-state index in [4.69, 9.17) is 4.74 Å². The summed E-state index contributed by atoms with van der Waals surface area (Å²) in [4.78, 5) is 49.3. The van der Waals surface area contributed by atoms with E-state index in [2.05, 4.69) is 11.9 Å². The van der Waals surface area contributed by atoms with Crippen LogP contribution in [-0.2, 0) is 19.1 Å². The first-order chi connectivity index (χ1) is 11.9. The molecule has 1 heterocycles. The van der Waals surface area contributed by atoms with Crippen molar-refractivity contribution >= 4 is 23.8 Å². The molecular weight excluding hydrogens is 324 g/mol. The molecule has 2 saturated carbocycles. The van der Waals surface area contributed by atoms with E-state index in [-0.39, 0.29) is 42.4 Å². The van der Waals surface area contributed by atoms with Gasteiger partial charge in [0.1, 0.15) is 6.61 Å². The van der Waals surface area contributed by atoms with Crippen molar-refractivity contribution in [2.45, 2.75) is 39.0 Å². The van der Waals surface area contributed by atoms with Crippen LogP contribution in [0.5, 0.6) is 0 Å². The van der Waals surface area contributed by atoms with Crippen LogP contribution in [-0.4, -0.2) is 41.9 Å². The van der Waals surface area contributed by atoms with E-state index in [1.165, 1.54) is 19.8 Å². The third kappa shape index (κ3) is 3.60. The molecule has 3 unspecified atom stereocenters. The lowest BCUT2D eigenvalue weighted by atomic mass is 9.73. The Balaban J connectivity index is 1.52. The second-order valence-electron chi connectivity index (χ2n) is 7.28. The number of hydrogen-bond acceptors (Lipinski definition) is 5. The van der Waals surface area contributed by atoms with Crippen molar-refractivity contribution < 1.29 is 23.9 Å². The molecule has 0 radical (unpaired) electrons. The topological polar surface area (TPSA) is 92.8 Å². The van der Waals surface area contributed by atoms with Gasteiger partial charge < -0.3 is 10.1 Å². The fourth-order valence-electron chi connectivity index (χ4n) is 3.91. The van der Waals surface area contributed by atoms with Gasteiger partial charge in [0.2, 0.25) is 11.8 Å². The number of nitrogens with one attached hydrogen (secondary N) is 1. The minimum atomic E-state index is -0.723. The van der Waals surface area contributed by atoms with Gasteiger partial charge in [0, 0.05) is 5.57 Å². The molecule has 0 aromatic heterocycles. The summed E-state index contributed by atoms with van der Waals surface area (Å²) >= 11 is 0. The van der Waals surface area contributed by atoms with E-state index in [1.54, 1.807) is 0 Å². The van der Waals surface area contributed by atoms with Gasteiger partial charge in [-0.15, -0.1) is 0 Å². The average molecular weight is 348 g/mol. The summed E-state index contributed by atoms with van der Waals surface area (Å²) in [5.74, 6) is -0.789. The highest BCUT2D eigenvalue weighted by Crippen LogP contribution is 2.49. The Morgan fingerprint density at radius 2 is 1.76 bits per heavy atom. The van der Waals surface area contributed by atoms with Crippen LogP contribution in [0.25, 0.3) is 0 Å². The Kier molecular flexibility index (Phi) is 4.92. The molecule has 136 valence electrons. The van der Waals surface area contributed by atoms with Crippen molar-refractivity contribution in [3.63, 3.8) is 0 Å². The molecule has 25 heavy (non-hydrogen) atoms. The molecule has 7 heteroatoms. The number of likely N-dealkylation sites (tertiary alicyclic amines) is 1. The van der Waals surface area contributed by atoms with Crippen molar-refractivity contribution in [1.82, 2.24) is 10.2 Å². The number of rotatable bonds is 5. The molecule has 0 aromatic carbocycles. The van der Waals surface area contributed by atoms with Gasteiger partial charge in [-0.25, -0.2) is 9.59 Å². The fourth-order valence-corrected chi connectivity index (χ4v) is 3.91. The first-order valence-electron chi connectivity index (χ1n) is 8.88. The SMILES string of the molecule is C=C(C)C(=O)OCCNC(=O)N1C(=O)C2CCC(C3CC3)CC2C1=O. The van der Waals surface area contributed by atoms with Crippen LogP contribution in [0, 0.1) is 23.7 Å². The van der Waals surface area contributed by atoms with E-state index >= 15 is 0 Å². The zero-order valence-corrected chi connectivity index (χ0v) is 14.5. The normalized spacial score (nSPS) is 28.5. The number of hydrogen-bond donors (Lipinski definition) is 1. The molecule has 2 aliphatic carbocycles. The van der Waals surface area contributed by atoms with Crippen LogP contribution in [0.2, 0.25) is 0 Å². The third-order valence-corrected chi connectivity index (χ3v) is 5.42. The second-order valence-corrected chi connectivity index (χ2v) is 7.28. The van der Waals surface area contributed by atoms with Gasteiger partial charge in [0.05, 0.1) is 18.4 Å². The van der Waals surface area contributed by atoms with Crippen LogP contribution >= 0.6 is 0 Å². The van der Waals surface area contributed by atoms with Crippen LogP contribution in [0.15, 0.2) is 12.2 Å². The van der Waals surface area contributed by atoms with E-state index in [9.17, 15) is 19.2 Å². The molecule has 3 fully saturated rings. The average Bonchev–Trinajstić information content (AvgIpc) is 3.39. The predicted molar refractivity (Wildman–Crippen MR) is 88.1 cm³/mol. The van der Waals surface area contributed by atoms with Crippen molar-refractivity contribution in [2.24, 2.45) is 23.7 Å². The van der Waals surface area contributed by atoms with Gasteiger partial charge >= 0.3 is 12.0 Å². The molecular formula is C18H24N2O5. The van der Waals surface area contributed by atoms with Crippen molar-refractivity contribution in [3.05, 3.63) is 12.2 Å². The van der Waals surface area contributed by atoms with Crippen molar-refractivity contribution in [2.75, 3.05) is 13.2 Å². The molecule has 3 atom stereocenters. The molecule has 7 nitrogen and oxygen atoms in total. The molecule has 0 aromatic rings. The summed E-state index contributed by atoms with van der Waals surface area (Å²) in [6, 6.07) is -0.723. The lowest BCUT2D eigenvalue weighted by Gasteiger charge is -2.28. The van der Waals surface area contributed by atoms with Gasteiger partial charge in [0.15, 0.2) is 0 Å². The lowest BCUT2D eigenvalue weighted by molar-refractivity contribution is -0.139. The van der Waals surface area contributed by atoms with E-state index in [0.29, 0.717) is 18.3 Å². The highest BCUT2D eigenvalue weighted by molar-refractivity contribution is 6.16. The quantitative estimate of drug-likeness (QED) is 0.353. The Morgan fingerprint density at radius 3 is 2.40 bits per heavy atom. The Morgan fingerprint density at radius 1 is 1.12 bits per heavy atom. The summed E-state index contributed by atoms with van der Waals surface area (Å²) in [5.41, 5.74) is 0.269. The van der Waals surface area contributed by atoms with Crippen LogP contribution in [0.3, 0.4) is 0 Å². The molecule has 3 aliphatic rings. The van der Waals surface area contributed by atoms with Crippen LogP contribution in [0.4, 0.5) is 4.79 Å². The Bertz CT molecular complexity index is 625. The zero-order chi connectivity index (χ0) is 18.1. The maximum Gasteiger partial charge on any atom is 0.333 e. The minimum absolute atomic E-state index is 0.0367. The predicted octanol–water partition coefficient (Wildman–Crippen LogP) is 1.63. The number of imide groups is 3. The van der Waals surface area contributed by atoms with Crippen LogP contribution in [0.1, 0.15) is 39.0 Å². The highest BCUT2D eigenvalue weighted by Gasteiger charge is 2.53. The number of esters is 1. The molecule has 3 rings (SSSR count). The van der Waals surface area contributed by atoms with E-state index in [0.717, 1.165) is 17.7 Å². The molecule has 1 N–H and O–H groups in total. The maximum absolute atomic E-state index is 12.6. The standard InChI is InChI=1S/C18H24N2O5/c1-10(2)17(23)25-8-7-19-18(24)20-15(21)13-6-5-12(11-3-4-11)9-14(13)16(20)22/h11-14H,1,3-9H2,2H3,(H,19,24). The molecule has 0 spiro atoms. The summed E-state index contributed by atoms with van der Waals surface area (Å²) in [7, 11) is 0. The molecule has 1 saturated heterocycles. The molecule has 4 amide bonds. The largest absolute Gasteiger partial charge is 0.460 e. The minimum Gasteiger partial charge on any atom is -0.460 e. The van der Waals surface area contributed by atoms with Gasteiger partial charge in [-0.05, 0) is 50.9 Å². The zero-order valence-electron chi connectivity index (χ0n) is 14.5. The van der Waals surface area contributed by atoms with Crippen molar-refractivity contribution in [3.8, 4) is 0 Å². The number of urea groups is 1. The first-order valence-corrected chi connectivity index (χ1v) is 8.88. The number of carbonyl (C=O) groups is 4. The monoisotopic (exact) mass is 348 g/mol. The van der Waals surface area contributed by atoms with Gasteiger partial charge in [-0.3, -0.25) is 9.59 Å². The highest BCUT2D eigenvalue weighted by atomic mass is 16.5. The summed E-state index contributed by atoms with van der Waals surface area (Å²) in [6.45, 7) is 4.98. The summed E-state index contributed by atoms with van der Waals surface area (Å²) in [6.07, 6.45) is 4.82. The lowest BCUT2D eigenvalue weighted by Crippen LogP contribution is -2.45. The van der Waals surface area contributed by atoms with E-state index < -0.39 is 12.0 Å². The smallest absolute Gasteiger partial charge is 0.333 e. The number of nitrogens with zero attached hydrogens (tertiary/aromatic N) is 1. The molecule has 1 aliphatic heterocycles. The first kappa shape index (κ1) is 17.6. The summed E-state index contributed by atoms with van der Waals surface area (Å²) in [5, 5.41) is 2.47. The number of amides is 4. The summed E-state index contributed by atoms with van der Waals surface area (Å²) < 4.78 is 4.87. The number of ether oxygens (including phenoxy) is 1. The third-order valence-electron chi connectivity index (χ3n) is 5.42. The van der Waals surface area contributed by atoms with E-state index in [1.807, 2.05) is 0 Å². The number of carbonyl (C=O) groups excluding carboxylic acids is 4. The Hall–Kier alpha value is -2.18. The number of fused-ring (bicyclic) bond motifs is 1. The fraction of sp³-hybridized carbons (Fsp3) is 0.667. The van der Waals surface area contributed by atoms with Gasteiger partial charge in [-0.1, -0.05) is 6.58 Å².